The van der Waals surface area contributed by atoms with E-state index in [1.54, 1.807) is 6.20 Å². The maximum atomic E-state index is 12.7. The molecule has 0 unspecified atom stereocenters. The van der Waals surface area contributed by atoms with Gasteiger partial charge in [-0.25, -0.2) is 4.68 Å². The Balaban J connectivity index is 1.88. The van der Waals surface area contributed by atoms with Gasteiger partial charge in [0.1, 0.15) is 5.78 Å². The van der Waals surface area contributed by atoms with E-state index in [2.05, 4.69) is 21.0 Å². The fourth-order valence-corrected chi connectivity index (χ4v) is 4.41. The van der Waals surface area contributed by atoms with Crippen molar-refractivity contribution in [3.63, 3.8) is 0 Å². The smallest absolute Gasteiger partial charge is 0.138 e. The number of aliphatic hydroxyl groups excluding tert-OH is 1. The molecule has 0 amide bonds. The predicted octanol–water partition coefficient (Wildman–Crippen LogP) is 4.71. The number of ketones is 1. The quantitative estimate of drug-likeness (QED) is 0.707. The normalized spacial score (nSPS) is 17.8. The molecule has 4 nitrogen and oxygen atoms in total. The minimum atomic E-state index is -0.558. The van der Waals surface area contributed by atoms with E-state index < -0.39 is 6.10 Å². The van der Waals surface area contributed by atoms with E-state index in [9.17, 15) is 9.90 Å². The van der Waals surface area contributed by atoms with E-state index in [4.69, 9.17) is 0 Å². The van der Waals surface area contributed by atoms with Gasteiger partial charge in [-0.2, -0.15) is 5.10 Å². The van der Waals surface area contributed by atoms with Gasteiger partial charge < -0.3 is 5.11 Å². The number of halogens is 1. The lowest BCUT2D eigenvalue weighted by molar-refractivity contribution is -0.127. The molecule has 5 heteroatoms. The Morgan fingerprint density at radius 1 is 1.35 bits per heavy atom. The number of nitrogens with zero attached hydrogens (tertiary/aromatic N) is 2. The second kappa shape index (κ2) is 8.96. The molecule has 3 rings (SSSR count). The highest BCUT2D eigenvalue weighted by Gasteiger charge is 2.33. The van der Waals surface area contributed by atoms with Gasteiger partial charge in [-0.1, -0.05) is 48.2 Å². The second-order valence-corrected chi connectivity index (χ2v) is 8.16. The van der Waals surface area contributed by atoms with E-state index in [1.807, 2.05) is 42.1 Å². The van der Waals surface area contributed by atoms with Crippen LogP contribution in [0.15, 0.2) is 41.1 Å². The van der Waals surface area contributed by atoms with Crippen molar-refractivity contribution in [2.75, 3.05) is 0 Å². The summed E-state index contributed by atoms with van der Waals surface area (Å²) in [6.07, 6.45) is 9.71. The summed E-state index contributed by atoms with van der Waals surface area (Å²) in [7, 11) is 0. The molecule has 1 N–H and O–H groups in total. The standard InChI is InChI=1S/C21H27BrN2O2/c1-2-20(25)18(21(26)15-7-4-3-5-8-15)13-16-9-10-17(22)14-19(16)24-12-6-11-23-24/h6,9-12,14-15,18,21,26H,2-5,7-8,13H2,1H3/t18-,21+/m0/s1. The molecule has 0 radical (unpaired) electrons. The molecule has 140 valence electrons. The van der Waals surface area contributed by atoms with Gasteiger partial charge in [0.15, 0.2) is 0 Å². The number of Topliss-reactive ketones (excluding diaryl/α,β-unsaturated/α-hetero) is 1. The van der Waals surface area contributed by atoms with E-state index in [0.29, 0.717) is 12.8 Å². The first-order valence-electron chi connectivity index (χ1n) is 9.59. The van der Waals surface area contributed by atoms with Gasteiger partial charge in [-0.3, -0.25) is 4.79 Å². The summed E-state index contributed by atoms with van der Waals surface area (Å²) in [5.74, 6) is 0.0452. The molecule has 2 aromatic rings. The van der Waals surface area contributed by atoms with Gasteiger partial charge in [-0.05, 0) is 48.9 Å². The van der Waals surface area contributed by atoms with Gasteiger partial charge in [0.25, 0.3) is 0 Å². The van der Waals surface area contributed by atoms with Crippen LogP contribution in [-0.2, 0) is 11.2 Å². The lowest BCUT2D eigenvalue weighted by Crippen LogP contribution is -2.37. The minimum Gasteiger partial charge on any atom is -0.392 e. The summed E-state index contributed by atoms with van der Waals surface area (Å²) in [5, 5.41) is 15.4. The van der Waals surface area contributed by atoms with Gasteiger partial charge in [0.05, 0.1) is 11.8 Å². The van der Waals surface area contributed by atoms with Crippen molar-refractivity contribution in [2.24, 2.45) is 11.8 Å². The highest BCUT2D eigenvalue weighted by atomic mass is 79.9. The van der Waals surface area contributed by atoms with Crippen LogP contribution in [0.1, 0.15) is 51.0 Å². The molecule has 1 saturated carbocycles. The van der Waals surface area contributed by atoms with Gasteiger partial charge in [-0.15, -0.1) is 0 Å². The summed E-state index contributed by atoms with van der Waals surface area (Å²) in [6, 6.07) is 7.92. The summed E-state index contributed by atoms with van der Waals surface area (Å²) >= 11 is 3.52. The number of benzene rings is 1. The topological polar surface area (TPSA) is 55.1 Å². The van der Waals surface area contributed by atoms with Crippen LogP contribution >= 0.6 is 15.9 Å². The highest BCUT2D eigenvalue weighted by Crippen LogP contribution is 2.33. The van der Waals surface area contributed by atoms with E-state index in [1.165, 1.54) is 6.42 Å². The molecule has 1 aliphatic rings. The molecule has 1 heterocycles. The number of hydrogen-bond acceptors (Lipinski definition) is 3. The molecule has 0 spiro atoms. The summed E-state index contributed by atoms with van der Waals surface area (Å²) in [6.45, 7) is 1.89. The van der Waals surface area contributed by atoms with Crippen molar-refractivity contribution in [1.29, 1.82) is 0 Å². The van der Waals surface area contributed by atoms with E-state index in [-0.39, 0.29) is 17.6 Å². The lowest BCUT2D eigenvalue weighted by atomic mass is 9.76. The molecule has 26 heavy (non-hydrogen) atoms. The number of hydrogen-bond donors (Lipinski definition) is 1. The molecule has 2 atom stereocenters. The number of aromatic nitrogens is 2. The third kappa shape index (κ3) is 4.44. The monoisotopic (exact) mass is 418 g/mol. The van der Waals surface area contributed by atoms with Gasteiger partial charge in [0.2, 0.25) is 0 Å². The van der Waals surface area contributed by atoms with Crippen LogP contribution in [0.5, 0.6) is 0 Å². The second-order valence-electron chi connectivity index (χ2n) is 7.24. The molecule has 0 saturated heterocycles. The average Bonchev–Trinajstić information content (AvgIpc) is 3.21. The van der Waals surface area contributed by atoms with E-state index in [0.717, 1.165) is 41.4 Å². The maximum absolute atomic E-state index is 12.7. The van der Waals surface area contributed by atoms with Crippen LogP contribution in [0.25, 0.3) is 5.69 Å². The van der Waals surface area contributed by atoms with Gasteiger partial charge in [0, 0.05) is 29.2 Å². The Hall–Kier alpha value is -1.46. The Morgan fingerprint density at radius 2 is 2.12 bits per heavy atom. The number of carbonyl (C=O) groups is 1. The van der Waals surface area contributed by atoms with E-state index >= 15 is 0 Å². The zero-order valence-corrected chi connectivity index (χ0v) is 16.9. The summed E-state index contributed by atoms with van der Waals surface area (Å²) < 4.78 is 2.79. The number of carbonyl (C=O) groups excluding carboxylic acids is 1. The zero-order chi connectivity index (χ0) is 18.5. The molecular weight excluding hydrogens is 392 g/mol. The molecule has 1 aromatic carbocycles. The van der Waals surface area contributed by atoms with Crippen LogP contribution in [0.2, 0.25) is 0 Å². The number of rotatable bonds is 7. The minimum absolute atomic E-state index is 0.150. The first-order chi connectivity index (χ1) is 12.6. The van der Waals surface area contributed by atoms with Crippen LogP contribution in [0.3, 0.4) is 0 Å². The Morgan fingerprint density at radius 3 is 2.77 bits per heavy atom. The summed E-state index contributed by atoms with van der Waals surface area (Å²) in [5.41, 5.74) is 1.99. The van der Waals surface area contributed by atoms with Crippen molar-refractivity contribution in [2.45, 2.75) is 58.0 Å². The van der Waals surface area contributed by atoms with Crippen molar-refractivity contribution in [3.05, 3.63) is 46.7 Å². The molecule has 1 aliphatic carbocycles. The van der Waals surface area contributed by atoms with Crippen molar-refractivity contribution in [1.82, 2.24) is 9.78 Å². The molecule has 0 aliphatic heterocycles. The van der Waals surface area contributed by atoms with Crippen molar-refractivity contribution < 1.29 is 9.90 Å². The van der Waals surface area contributed by atoms with Crippen molar-refractivity contribution >= 4 is 21.7 Å². The first kappa shape index (κ1) is 19.3. The Kier molecular flexibility index (Phi) is 6.65. The van der Waals surface area contributed by atoms with Gasteiger partial charge >= 0.3 is 0 Å². The fraction of sp³-hybridized carbons (Fsp3) is 0.524. The van der Waals surface area contributed by atoms with Crippen molar-refractivity contribution in [3.8, 4) is 5.69 Å². The molecular formula is C21H27BrN2O2. The zero-order valence-electron chi connectivity index (χ0n) is 15.3. The number of aliphatic hydroxyl groups is 1. The molecule has 1 aromatic heterocycles. The largest absolute Gasteiger partial charge is 0.392 e. The molecule has 1 fully saturated rings. The maximum Gasteiger partial charge on any atom is 0.138 e. The van der Waals surface area contributed by atoms with Crippen LogP contribution in [0, 0.1) is 11.8 Å². The Labute approximate surface area is 163 Å². The highest BCUT2D eigenvalue weighted by molar-refractivity contribution is 9.10. The first-order valence-corrected chi connectivity index (χ1v) is 10.4. The molecule has 0 bridgehead atoms. The SMILES string of the molecule is CCC(=O)[C@H](Cc1ccc(Br)cc1-n1cccn1)[C@H](O)C1CCCCC1. The van der Waals surface area contributed by atoms with Crippen LogP contribution in [0.4, 0.5) is 0 Å². The Bertz CT molecular complexity index is 724. The predicted molar refractivity (Wildman–Crippen MR) is 106 cm³/mol. The summed E-state index contributed by atoms with van der Waals surface area (Å²) in [4.78, 5) is 12.7. The lowest BCUT2D eigenvalue weighted by Gasteiger charge is -2.32. The average molecular weight is 419 g/mol. The van der Waals surface area contributed by atoms with Crippen LogP contribution in [-0.4, -0.2) is 26.8 Å². The van der Waals surface area contributed by atoms with Crippen LogP contribution < -0.4 is 0 Å². The third-order valence-corrected chi connectivity index (χ3v) is 6.04. The third-order valence-electron chi connectivity index (χ3n) is 5.55. The fourth-order valence-electron chi connectivity index (χ4n) is 4.06.